The number of methoxy groups -OCH3 is 1. The lowest BCUT2D eigenvalue weighted by molar-refractivity contribution is -0.139. The third-order valence-corrected chi connectivity index (χ3v) is 7.31. The summed E-state index contributed by atoms with van der Waals surface area (Å²) in [6, 6.07) is 7.23. The molecule has 0 radical (unpaired) electrons. The number of rotatable bonds is 9. The number of nitrogens with zero attached hydrogens (tertiary/aromatic N) is 3. The first kappa shape index (κ1) is 24.9. The Kier molecular flexibility index (Phi) is 7.22. The van der Waals surface area contributed by atoms with Gasteiger partial charge in [0.1, 0.15) is 24.3 Å². The van der Waals surface area contributed by atoms with Gasteiger partial charge >= 0.3 is 13.7 Å². The number of ether oxygens (including phenoxy) is 1. The first-order valence-corrected chi connectivity index (χ1v) is 12.2. The highest BCUT2D eigenvalue weighted by atomic mass is 31.2. The van der Waals surface area contributed by atoms with Crippen molar-refractivity contribution in [3.8, 4) is 5.75 Å². The third-order valence-electron chi connectivity index (χ3n) is 5.82. The van der Waals surface area contributed by atoms with Crippen molar-refractivity contribution in [1.82, 2.24) is 15.1 Å². The van der Waals surface area contributed by atoms with E-state index in [1.54, 1.807) is 35.2 Å². The molecule has 14 heteroatoms. The normalized spacial score (nSPS) is 25.0. The van der Waals surface area contributed by atoms with E-state index >= 15 is 4.39 Å². The minimum absolute atomic E-state index is 0.179. The van der Waals surface area contributed by atoms with Crippen molar-refractivity contribution in [2.24, 2.45) is 5.92 Å². The van der Waals surface area contributed by atoms with Crippen LogP contribution in [-0.2, 0) is 18.6 Å². The molecule has 1 aromatic carbocycles. The summed E-state index contributed by atoms with van der Waals surface area (Å²) in [4.78, 5) is 21.3. The van der Waals surface area contributed by atoms with Crippen molar-refractivity contribution in [2.75, 3.05) is 42.9 Å². The van der Waals surface area contributed by atoms with E-state index in [2.05, 4.69) is 31.7 Å². The summed E-state index contributed by atoms with van der Waals surface area (Å²) in [5.41, 5.74) is 6.65. The average molecular weight is 508 g/mol. The van der Waals surface area contributed by atoms with Gasteiger partial charge in [0.05, 0.1) is 32.5 Å². The molecule has 0 bridgehead atoms. The predicted octanol–water partition coefficient (Wildman–Crippen LogP) is 1.47. The van der Waals surface area contributed by atoms with Crippen LogP contribution in [0, 0.1) is 5.92 Å². The summed E-state index contributed by atoms with van der Waals surface area (Å²) in [6.07, 6.45) is -1.97. The lowest BCUT2D eigenvalue weighted by Crippen LogP contribution is -2.42. The zero-order chi connectivity index (χ0) is 25.2. The summed E-state index contributed by atoms with van der Waals surface area (Å²) in [7, 11) is -2.95. The molecule has 1 saturated carbocycles. The first-order valence-electron chi connectivity index (χ1n) is 10.7. The number of hydrogen-bond donors (Lipinski definition) is 4. The van der Waals surface area contributed by atoms with Gasteiger partial charge in [-0.25, -0.2) is 24.0 Å². The Labute approximate surface area is 200 Å². The topological polar surface area (TPSA) is 161 Å². The zero-order valence-electron chi connectivity index (χ0n) is 18.8. The number of nitrogen functional groups attached to an aromatic ring is 1. The third kappa shape index (κ3) is 5.08. The number of esters is 1. The highest BCUT2D eigenvalue weighted by Gasteiger charge is 2.51. The molecule has 5 unspecified atom stereocenters. The molecule has 5 N–H and O–H groups in total. The Hall–Kier alpha value is -3.25. The van der Waals surface area contributed by atoms with Crippen LogP contribution in [0.3, 0.4) is 0 Å². The van der Waals surface area contributed by atoms with Gasteiger partial charge in [-0.1, -0.05) is 24.8 Å². The standard InChI is InChI=1S/C21H26FN6O6P/c1-12-14(9-33-35(31,27-8-15(29)32-2)34-13-6-4-3-5-7-13)19(30)16(22)18(12)28-11-26-17-20(23)24-10-25-21(17)28/h3-7,10,14,16,18-19,26,30H,1,8-9,11H2,2H3,(H,27,31)(H2,23,24,25). The number of carbonyl (C=O) groups excluding carboxylic acids is 1. The molecule has 2 aliphatic rings. The molecule has 1 aromatic heterocycles. The molecule has 0 spiro atoms. The fourth-order valence-electron chi connectivity index (χ4n) is 4.01. The van der Waals surface area contributed by atoms with Gasteiger partial charge in [-0.05, 0) is 17.7 Å². The van der Waals surface area contributed by atoms with Crippen LogP contribution >= 0.6 is 7.75 Å². The van der Waals surface area contributed by atoms with E-state index in [0.29, 0.717) is 17.1 Å². The SMILES string of the molecule is C=C1C(COP(=O)(NCC(=O)OC)Oc2ccccc2)C(O)C(F)C1N1CNc2c(N)ncnc21. The largest absolute Gasteiger partial charge is 0.468 e. The van der Waals surface area contributed by atoms with Crippen molar-refractivity contribution in [3.05, 3.63) is 48.8 Å². The number of hydrogen-bond acceptors (Lipinski definition) is 11. The van der Waals surface area contributed by atoms with Crippen molar-refractivity contribution < 1.29 is 32.6 Å². The molecule has 1 aliphatic heterocycles. The lowest BCUT2D eigenvalue weighted by Gasteiger charge is -2.28. The van der Waals surface area contributed by atoms with Crippen LogP contribution in [0.2, 0.25) is 0 Å². The maximum absolute atomic E-state index is 15.3. The van der Waals surface area contributed by atoms with Crippen molar-refractivity contribution in [2.45, 2.75) is 18.3 Å². The molecule has 35 heavy (non-hydrogen) atoms. The number of nitrogens with two attached hydrogens (primary N) is 1. The molecular weight excluding hydrogens is 482 g/mol. The molecule has 1 fully saturated rings. The van der Waals surface area contributed by atoms with E-state index in [-0.39, 0.29) is 18.2 Å². The number of nitrogens with one attached hydrogen (secondary N) is 2. The van der Waals surface area contributed by atoms with Crippen LogP contribution in [-0.4, -0.2) is 66.3 Å². The van der Waals surface area contributed by atoms with Gasteiger partial charge < -0.3 is 30.3 Å². The Morgan fingerprint density at radius 3 is 2.86 bits per heavy atom. The summed E-state index contributed by atoms with van der Waals surface area (Å²) < 4.78 is 44.3. The Morgan fingerprint density at radius 1 is 1.40 bits per heavy atom. The number of aliphatic hydroxyl groups excluding tert-OH is 1. The number of anilines is 3. The molecule has 188 valence electrons. The summed E-state index contributed by atoms with van der Waals surface area (Å²) >= 11 is 0. The number of halogens is 1. The fourth-order valence-corrected chi connectivity index (χ4v) is 5.30. The fraction of sp³-hybridized carbons (Fsp3) is 0.381. The molecule has 2 aromatic rings. The molecule has 12 nitrogen and oxygen atoms in total. The molecular formula is C21H26FN6O6P. The monoisotopic (exact) mass is 508 g/mol. The minimum atomic E-state index is -4.13. The zero-order valence-corrected chi connectivity index (χ0v) is 19.7. The van der Waals surface area contributed by atoms with Crippen molar-refractivity contribution in [3.63, 3.8) is 0 Å². The molecule has 1 aliphatic carbocycles. The molecule has 0 amide bonds. The predicted molar refractivity (Wildman–Crippen MR) is 125 cm³/mol. The van der Waals surface area contributed by atoms with E-state index in [9.17, 15) is 14.5 Å². The van der Waals surface area contributed by atoms with E-state index in [4.69, 9.17) is 14.8 Å². The van der Waals surface area contributed by atoms with Crippen molar-refractivity contribution in [1.29, 1.82) is 0 Å². The van der Waals surface area contributed by atoms with E-state index < -0.39 is 51.1 Å². The number of para-hydroxylation sites is 1. The van der Waals surface area contributed by atoms with Crippen LogP contribution in [0.15, 0.2) is 48.8 Å². The second-order valence-corrected chi connectivity index (χ2v) is 9.68. The van der Waals surface area contributed by atoms with E-state index in [0.717, 1.165) is 0 Å². The number of fused-ring (bicyclic) bond motifs is 1. The maximum atomic E-state index is 15.3. The minimum Gasteiger partial charge on any atom is -0.468 e. The van der Waals surface area contributed by atoms with Crippen LogP contribution < -0.4 is 25.6 Å². The van der Waals surface area contributed by atoms with Gasteiger partial charge in [0.25, 0.3) is 0 Å². The number of benzene rings is 1. The van der Waals surface area contributed by atoms with Gasteiger partial charge in [0.2, 0.25) is 0 Å². The van der Waals surface area contributed by atoms with Crippen LogP contribution in [0.5, 0.6) is 5.75 Å². The van der Waals surface area contributed by atoms with Crippen LogP contribution in [0.4, 0.5) is 21.7 Å². The van der Waals surface area contributed by atoms with Crippen molar-refractivity contribution >= 4 is 31.0 Å². The average Bonchev–Trinajstić information content (AvgIpc) is 3.36. The number of alkyl halides is 1. The number of aromatic nitrogens is 2. The highest BCUT2D eigenvalue weighted by Crippen LogP contribution is 2.47. The van der Waals surface area contributed by atoms with Crippen LogP contribution in [0.1, 0.15) is 0 Å². The highest BCUT2D eigenvalue weighted by molar-refractivity contribution is 7.52. The smallest absolute Gasteiger partial charge is 0.459 e. The number of carbonyl (C=O) groups is 1. The molecule has 5 atom stereocenters. The Bertz CT molecular complexity index is 1140. The van der Waals surface area contributed by atoms with Gasteiger partial charge in [-0.15, -0.1) is 0 Å². The van der Waals surface area contributed by atoms with E-state index in [1.807, 2.05) is 0 Å². The Morgan fingerprint density at radius 2 is 2.14 bits per heavy atom. The quantitative estimate of drug-likeness (QED) is 0.220. The van der Waals surface area contributed by atoms with Gasteiger partial charge in [0.15, 0.2) is 17.8 Å². The second kappa shape index (κ2) is 10.2. The molecule has 4 rings (SSSR count). The number of aliphatic hydroxyl groups is 1. The second-order valence-electron chi connectivity index (χ2n) is 7.93. The first-order chi connectivity index (χ1) is 16.7. The summed E-state index contributed by atoms with van der Waals surface area (Å²) in [5.74, 6) is -0.796. The lowest BCUT2D eigenvalue weighted by atomic mass is 10.0. The summed E-state index contributed by atoms with van der Waals surface area (Å²) in [6.45, 7) is 3.31. The van der Waals surface area contributed by atoms with Gasteiger partial charge in [-0.2, -0.15) is 0 Å². The molecule has 2 heterocycles. The molecule has 0 saturated heterocycles. The van der Waals surface area contributed by atoms with Crippen LogP contribution in [0.25, 0.3) is 0 Å². The van der Waals surface area contributed by atoms with Gasteiger partial charge in [-0.3, -0.25) is 9.32 Å². The maximum Gasteiger partial charge on any atom is 0.459 e. The van der Waals surface area contributed by atoms with Gasteiger partial charge in [0, 0.05) is 5.92 Å². The van der Waals surface area contributed by atoms with E-state index in [1.165, 1.54) is 13.4 Å². The summed E-state index contributed by atoms with van der Waals surface area (Å²) in [5, 5.41) is 16.1. The Balaban J connectivity index is 1.50.